The van der Waals surface area contributed by atoms with E-state index in [0.29, 0.717) is 30.2 Å². The van der Waals surface area contributed by atoms with Gasteiger partial charge in [-0.25, -0.2) is 4.98 Å². The van der Waals surface area contributed by atoms with Crippen LogP contribution in [0.15, 0.2) is 71.6 Å². The molecule has 1 N–H and O–H groups in total. The Labute approximate surface area is 240 Å². The first-order valence-electron chi connectivity index (χ1n) is 14.0. The Morgan fingerprint density at radius 3 is 2.60 bits per heavy atom. The molecule has 0 aliphatic heterocycles. The predicted molar refractivity (Wildman–Crippen MR) is 162 cm³/mol. The lowest BCUT2D eigenvalue weighted by Gasteiger charge is -2.14. The van der Waals surface area contributed by atoms with Crippen molar-refractivity contribution in [3.63, 3.8) is 0 Å². The molecule has 208 valence electrons. The first kappa shape index (κ1) is 27.7. The summed E-state index contributed by atoms with van der Waals surface area (Å²) in [6.07, 6.45) is 8.88. The van der Waals surface area contributed by atoms with E-state index in [0.717, 1.165) is 58.9 Å². The van der Waals surface area contributed by atoms with E-state index in [2.05, 4.69) is 39.5 Å². The monoisotopic (exact) mass is 555 g/mol. The van der Waals surface area contributed by atoms with E-state index in [9.17, 15) is 4.79 Å². The molecule has 7 heteroatoms. The van der Waals surface area contributed by atoms with Crippen LogP contribution in [0.4, 0.5) is 0 Å². The highest BCUT2D eigenvalue weighted by molar-refractivity contribution is 7.13. The molecule has 1 aliphatic carbocycles. The standard InChI is InChI=1S/C33H37N3O3S/c1-23-27(32(37)34-18-16-24-10-6-4-7-11-24)21-29(28-22-40-33(35-28)26-12-8-5-9-13-26)36(23)19-17-25-14-15-30(38-2)31(20-25)39-3/h5,8-10,12-15,20-22H,4,6-7,11,16-19H2,1-3H3,(H,34,37). The molecule has 0 radical (unpaired) electrons. The number of nitrogens with one attached hydrogen (secondary N) is 1. The summed E-state index contributed by atoms with van der Waals surface area (Å²) in [5, 5.41) is 6.22. The van der Waals surface area contributed by atoms with Gasteiger partial charge in [0.2, 0.25) is 0 Å². The number of methoxy groups -OCH3 is 2. The zero-order valence-corrected chi connectivity index (χ0v) is 24.4. The molecule has 0 fully saturated rings. The molecule has 2 aromatic heterocycles. The van der Waals surface area contributed by atoms with Crippen molar-refractivity contribution < 1.29 is 14.3 Å². The van der Waals surface area contributed by atoms with Gasteiger partial charge in [-0.3, -0.25) is 4.79 Å². The smallest absolute Gasteiger partial charge is 0.253 e. The maximum atomic E-state index is 13.4. The van der Waals surface area contributed by atoms with Crippen LogP contribution in [0.25, 0.3) is 22.0 Å². The predicted octanol–water partition coefficient (Wildman–Crippen LogP) is 7.47. The van der Waals surface area contributed by atoms with Crippen molar-refractivity contribution in [2.24, 2.45) is 0 Å². The van der Waals surface area contributed by atoms with Crippen molar-refractivity contribution in [1.82, 2.24) is 14.9 Å². The quantitative estimate of drug-likeness (QED) is 0.195. The SMILES string of the molecule is COc1ccc(CCn2c(-c3csc(-c4ccccc4)n3)cc(C(=O)NCCC3=CCCCC3)c2C)cc1OC. The highest BCUT2D eigenvalue weighted by Gasteiger charge is 2.21. The highest BCUT2D eigenvalue weighted by atomic mass is 32.1. The molecule has 2 heterocycles. The Hall–Kier alpha value is -3.84. The van der Waals surface area contributed by atoms with Gasteiger partial charge in [0.05, 0.1) is 31.2 Å². The number of allylic oxidation sites excluding steroid dienone is 1. The van der Waals surface area contributed by atoms with Crippen LogP contribution in [0.5, 0.6) is 11.5 Å². The van der Waals surface area contributed by atoms with E-state index < -0.39 is 0 Å². The van der Waals surface area contributed by atoms with E-state index in [4.69, 9.17) is 14.5 Å². The van der Waals surface area contributed by atoms with Crippen molar-refractivity contribution in [2.45, 2.75) is 52.0 Å². The van der Waals surface area contributed by atoms with Gasteiger partial charge in [-0.15, -0.1) is 11.3 Å². The fourth-order valence-corrected chi connectivity index (χ4v) is 6.14. The second kappa shape index (κ2) is 13.0. The number of nitrogens with zero attached hydrogens (tertiary/aromatic N) is 2. The van der Waals surface area contributed by atoms with Gasteiger partial charge in [-0.05, 0) is 69.2 Å². The Morgan fingerprint density at radius 2 is 1.85 bits per heavy atom. The minimum absolute atomic E-state index is 0.0291. The minimum Gasteiger partial charge on any atom is -0.493 e. The third-order valence-corrected chi connectivity index (χ3v) is 8.48. The summed E-state index contributed by atoms with van der Waals surface area (Å²) in [6.45, 7) is 3.39. The van der Waals surface area contributed by atoms with Gasteiger partial charge < -0.3 is 19.4 Å². The Kier molecular flexibility index (Phi) is 9.01. The number of hydrogen-bond donors (Lipinski definition) is 1. The second-order valence-electron chi connectivity index (χ2n) is 10.1. The molecule has 1 aliphatic rings. The number of aryl methyl sites for hydroxylation is 1. The molecule has 0 atom stereocenters. The molecule has 2 aromatic carbocycles. The highest BCUT2D eigenvalue weighted by Crippen LogP contribution is 2.33. The summed E-state index contributed by atoms with van der Waals surface area (Å²) < 4.78 is 13.1. The van der Waals surface area contributed by atoms with Crippen LogP contribution in [-0.2, 0) is 13.0 Å². The number of thiazole rings is 1. The summed E-state index contributed by atoms with van der Waals surface area (Å²) in [7, 11) is 3.29. The lowest BCUT2D eigenvalue weighted by Crippen LogP contribution is -2.25. The van der Waals surface area contributed by atoms with E-state index in [1.807, 2.05) is 43.3 Å². The molecule has 6 nitrogen and oxygen atoms in total. The van der Waals surface area contributed by atoms with E-state index in [1.165, 1.54) is 18.4 Å². The summed E-state index contributed by atoms with van der Waals surface area (Å²) in [5.74, 6) is 1.39. The van der Waals surface area contributed by atoms with Gasteiger partial charge in [0.1, 0.15) is 5.01 Å². The molecule has 4 aromatic rings. The molecule has 1 amide bonds. The van der Waals surface area contributed by atoms with Crippen LogP contribution >= 0.6 is 11.3 Å². The summed E-state index contributed by atoms with van der Waals surface area (Å²) in [5.41, 5.74) is 7.17. The maximum Gasteiger partial charge on any atom is 0.253 e. The Balaban J connectivity index is 1.41. The molecule has 0 bridgehead atoms. The average Bonchev–Trinajstić information content (AvgIpc) is 3.61. The van der Waals surface area contributed by atoms with Crippen LogP contribution in [0, 0.1) is 6.92 Å². The number of benzene rings is 2. The summed E-state index contributed by atoms with van der Waals surface area (Å²) in [6, 6.07) is 18.2. The molecule has 0 saturated heterocycles. The van der Waals surface area contributed by atoms with E-state index >= 15 is 0 Å². The molecule has 0 spiro atoms. The number of carbonyl (C=O) groups excluding carboxylic acids is 1. The molecule has 5 rings (SSSR count). The van der Waals surface area contributed by atoms with Crippen molar-refractivity contribution in [1.29, 1.82) is 0 Å². The number of amides is 1. The molecule has 40 heavy (non-hydrogen) atoms. The fraction of sp³-hybridized carbons (Fsp3) is 0.333. The average molecular weight is 556 g/mol. The van der Waals surface area contributed by atoms with Crippen LogP contribution in [0.3, 0.4) is 0 Å². The maximum absolute atomic E-state index is 13.4. The third-order valence-electron chi connectivity index (χ3n) is 7.59. The van der Waals surface area contributed by atoms with Crippen LogP contribution in [0.1, 0.15) is 53.7 Å². The van der Waals surface area contributed by atoms with Crippen molar-refractivity contribution in [3.05, 3.63) is 88.4 Å². The summed E-state index contributed by atoms with van der Waals surface area (Å²) >= 11 is 1.62. The van der Waals surface area contributed by atoms with E-state index in [1.54, 1.807) is 25.6 Å². The molecule has 0 unspecified atom stereocenters. The number of ether oxygens (including phenoxy) is 2. The van der Waals surface area contributed by atoms with Crippen molar-refractivity contribution in [2.75, 3.05) is 20.8 Å². The molecular formula is C33H37N3O3S. The first-order chi connectivity index (χ1) is 19.6. The van der Waals surface area contributed by atoms with Crippen molar-refractivity contribution in [3.8, 4) is 33.5 Å². The number of rotatable bonds is 11. The Bertz CT molecular complexity index is 1490. The number of carbonyl (C=O) groups is 1. The van der Waals surface area contributed by atoms with Crippen molar-refractivity contribution >= 4 is 17.2 Å². The second-order valence-corrected chi connectivity index (χ2v) is 11.0. The van der Waals surface area contributed by atoms with Gasteiger partial charge in [-0.2, -0.15) is 0 Å². The van der Waals surface area contributed by atoms with Gasteiger partial charge in [0.25, 0.3) is 5.91 Å². The first-order valence-corrected chi connectivity index (χ1v) is 14.8. The fourth-order valence-electron chi connectivity index (χ4n) is 5.32. The van der Waals surface area contributed by atoms with Crippen LogP contribution in [-0.4, -0.2) is 36.2 Å². The number of aromatic nitrogens is 2. The van der Waals surface area contributed by atoms with E-state index in [-0.39, 0.29) is 5.91 Å². The molecular weight excluding hydrogens is 518 g/mol. The lowest BCUT2D eigenvalue weighted by molar-refractivity contribution is 0.0953. The van der Waals surface area contributed by atoms with Gasteiger partial charge >= 0.3 is 0 Å². The zero-order chi connectivity index (χ0) is 27.9. The zero-order valence-electron chi connectivity index (χ0n) is 23.5. The van der Waals surface area contributed by atoms with Crippen LogP contribution < -0.4 is 14.8 Å². The van der Waals surface area contributed by atoms with Gasteiger partial charge in [0, 0.05) is 29.7 Å². The normalized spacial score (nSPS) is 13.1. The Morgan fingerprint density at radius 1 is 1.02 bits per heavy atom. The molecule has 0 saturated carbocycles. The third kappa shape index (κ3) is 6.31. The lowest BCUT2D eigenvalue weighted by atomic mass is 9.97. The largest absolute Gasteiger partial charge is 0.493 e. The van der Waals surface area contributed by atoms with Gasteiger partial charge in [-0.1, -0.05) is 48.0 Å². The minimum atomic E-state index is -0.0291. The van der Waals surface area contributed by atoms with Crippen LogP contribution in [0.2, 0.25) is 0 Å². The topological polar surface area (TPSA) is 65.4 Å². The summed E-state index contributed by atoms with van der Waals surface area (Å²) in [4.78, 5) is 18.3. The van der Waals surface area contributed by atoms with Gasteiger partial charge in [0.15, 0.2) is 11.5 Å². The number of hydrogen-bond acceptors (Lipinski definition) is 5.